The third-order valence-corrected chi connectivity index (χ3v) is 4.29. The lowest BCUT2D eigenvalue weighted by Gasteiger charge is -2.26. The Balaban J connectivity index is 1.91. The molecule has 1 atom stereocenters. The van der Waals surface area contributed by atoms with Gasteiger partial charge in [-0.1, -0.05) is 12.1 Å². The van der Waals surface area contributed by atoms with Crippen LogP contribution in [-0.2, 0) is 9.53 Å². The van der Waals surface area contributed by atoms with Crippen LogP contribution in [0.1, 0.15) is 18.0 Å². The molecule has 1 aliphatic heterocycles. The Morgan fingerprint density at radius 3 is 3.20 bits per heavy atom. The van der Waals surface area contributed by atoms with Crippen LogP contribution in [0.5, 0.6) is 0 Å². The molecule has 1 aromatic carbocycles. The first-order chi connectivity index (χ1) is 9.72. The zero-order chi connectivity index (χ0) is 14.4. The number of carbonyl (C=O) groups is 1. The van der Waals surface area contributed by atoms with Gasteiger partial charge in [-0.2, -0.15) is 0 Å². The van der Waals surface area contributed by atoms with Crippen LogP contribution in [0.4, 0.5) is 4.39 Å². The molecule has 0 radical (unpaired) electrons. The molecule has 0 fully saturated rings. The molecule has 0 saturated heterocycles. The van der Waals surface area contributed by atoms with Crippen molar-refractivity contribution in [1.82, 2.24) is 10.6 Å². The number of ether oxygens (including phenoxy) is 1. The molecule has 0 aliphatic carbocycles. The van der Waals surface area contributed by atoms with Crippen LogP contribution in [0, 0.1) is 5.82 Å². The maximum Gasteiger partial charge on any atom is 0.234 e. The highest BCUT2D eigenvalue weighted by Gasteiger charge is 2.24. The summed E-state index contributed by atoms with van der Waals surface area (Å²) in [7, 11) is 1.62. The Hall–Kier alpha value is -1.11. The summed E-state index contributed by atoms with van der Waals surface area (Å²) >= 11 is 1.51. The number of rotatable bonds is 6. The van der Waals surface area contributed by atoms with E-state index in [1.807, 2.05) is 6.07 Å². The number of carbonyl (C=O) groups excluding carboxylic acids is 1. The molecule has 1 unspecified atom stereocenters. The van der Waals surface area contributed by atoms with Gasteiger partial charge in [0.1, 0.15) is 5.82 Å². The van der Waals surface area contributed by atoms with Gasteiger partial charge >= 0.3 is 0 Å². The molecule has 110 valence electrons. The zero-order valence-electron chi connectivity index (χ0n) is 11.4. The van der Waals surface area contributed by atoms with Gasteiger partial charge in [0.2, 0.25) is 5.91 Å². The molecule has 0 spiro atoms. The van der Waals surface area contributed by atoms with E-state index >= 15 is 0 Å². The Morgan fingerprint density at radius 1 is 1.55 bits per heavy atom. The lowest BCUT2D eigenvalue weighted by atomic mass is 10.0. The summed E-state index contributed by atoms with van der Waals surface area (Å²) in [6.45, 7) is 1.45. The molecule has 0 saturated carbocycles. The van der Waals surface area contributed by atoms with Crippen LogP contribution in [0.25, 0.3) is 0 Å². The first-order valence-electron chi connectivity index (χ1n) is 6.62. The molecule has 2 rings (SSSR count). The summed E-state index contributed by atoms with van der Waals surface area (Å²) in [5, 5.41) is 5.95. The Labute approximate surface area is 122 Å². The van der Waals surface area contributed by atoms with Crippen molar-refractivity contribution >= 4 is 17.7 Å². The molecule has 1 aromatic rings. The van der Waals surface area contributed by atoms with E-state index in [0.717, 1.165) is 17.7 Å². The van der Waals surface area contributed by atoms with Crippen molar-refractivity contribution < 1.29 is 13.9 Å². The van der Waals surface area contributed by atoms with E-state index in [2.05, 4.69) is 10.6 Å². The number of benzene rings is 1. The molecule has 6 heteroatoms. The molecule has 20 heavy (non-hydrogen) atoms. The molecule has 4 nitrogen and oxygen atoms in total. The highest BCUT2D eigenvalue weighted by Crippen LogP contribution is 2.37. The van der Waals surface area contributed by atoms with Crippen LogP contribution in [-0.4, -0.2) is 38.5 Å². The van der Waals surface area contributed by atoms with Gasteiger partial charge in [-0.05, 0) is 18.1 Å². The zero-order valence-corrected chi connectivity index (χ0v) is 12.3. The second kappa shape index (κ2) is 7.61. The van der Waals surface area contributed by atoms with Gasteiger partial charge in [-0.3, -0.25) is 4.79 Å². The number of nitrogens with one attached hydrogen (secondary N) is 2. The summed E-state index contributed by atoms with van der Waals surface area (Å²) in [5.74, 6) is 0.536. The van der Waals surface area contributed by atoms with Gasteiger partial charge in [0.15, 0.2) is 0 Å². The maximum atomic E-state index is 13.7. The van der Waals surface area contributed by atoms with Gasteiger partial charge in [0, 0.05) is 24.3 Å². The Kier molecular flexibility index (Phi) is 5.82. The fraction of sp³-hybridized carbons (Fsp3) is 0.500. The number of thioether (sulfide) groups is 1. The van der Waals surface area contributed by atoms with Crippen molar-refractivity contribution in [3.8, 4) is 0 Å². The quantitative estimate of drug-likeness (QED) is 0.785. The smallest absolute Gasteiger partial charge is 0.234 e. The second-order valence-corrected chi connectivity index (χ2v) is 5.69. The monoisotopic (exact) mass is 298 g/mol. The fourth-order valence-electron chi connectivity index (χ4n) is 2.16. The van der Waals surface area contributed by atoms with Crippen molar-refractivity contribution in [2.45, 2.75) is 17.4 Å². The number of amides is 1. The number of hydrogen-bond donors (Lipinski definition) is 2. The topological polar surface area (TPSA) is 50.4 Å². The van der Waals surface area contributed by atoms with Crippen LogP contribution in [0.3, 0.4) is 0 Å². The first kappa shape index (κ1) is 15.3. The minimum absolute atomic E-state index is 0.0757. The predicted molar refractivity (Wildman–Crippen MR) is 77.4 cm³/mol. The molecular weight excluding hydrogens is 279 g/mol. The Morgan fingerprint density at radius 2 is 2.40 bits per heavy atom. The summed E-state index contributed by atoms with van der Waals surface area (Å²) < 4.78 is 18.6. The molecule has 1 heterocycles. The largest absolute Gasteiger partial charge is 0.383 e. The number of fused-ring (bicyclic) bond motifs is 1. The summed E-state index contributed by atoms with van der Waals surface area (Å²) in [6, 6.07) is 4.94. The second-order valence-electron chi connectivity index (χ2n) is 4.58. The van der Waals surface area contributed by atoms with Gasteiger partial charge in [0.25, 0.3) is 0 Å². The van der Waals surface area contributed by atoms with E-state index in [9.17, 15) is 9.18 Å². The summed E-state index contributed by atoms with van der Waals surface area (Å²) in [5.41, 5.74) is 0.881. The van der Waals surface area contributed by atoms with E-state index in [0.29, 0.717) is 18.0 Å². The number of hydrogen-bond acceptors (Lipinski definition) is 4. The molecule has 2 N–H and O–H groups in total. The minimum atomic E-state index is -0.204. The van der Waals surface area contributed by atoms with Gasteiger partial charge < -0.3 is 15.4 Å². The van der Waals surface area contributed by atoms with Crippen molar-refractivity contribution in [2.75, 3.05) is 32.6 Å². The molecule has 0 aromatic heterocycles. The van der Waals surface area contributed by atoms with E-state index in [-0.39, 0.29) is 24.3 Å². The van der Waals surface area contributed by atoms with Crippen molar-refractivity contribution in [3.63, 3.8) is 0 Å². The third-order valence-electron chi connectivity index (χ3n) is 3.13. The van der Waals surface area contributed by atoms with Gasteiger partial charge in [-0.25, -0.2) is 4.39 Å². The number of halogens is 1. The summed E-state index contributed by atoms with van der Waals surface area (Å²) in [4.78, 5) is 12.5. The average Bonchev–Trinajstić information content (AvgIpc) is 2.45. The van der Waals surface area contributed by atoms with E-state index < -0.39 is 0 Å². The molecular formula is C14H19FN2O2S. The normalized spacial score (nSPS) is 17.6. The summed E-state index contributed by atoms with van der Waals surface area (Å²) in [6.07, 6.45) is 0.824. The molecule has 1 amide bonds. The first-order valence-corrected chi connectivity index (χ1v) is 7.61. The van der Waals surface area contributed by atoms with Crippen LogP contribution < -0.4 is 10.6 Å². The molecule has 0 bridgehead atoms. The molecule has 1 aliphatic rings. The fourth-order valence-corrected chi connectivity index (χ4v) is 3.30. The van der Waals surface area contributed by atoms with Crippen LogP contribution >= 0.6 is 11.8 Å². The minimum Gasteiger partial charge on any atom is -0.383 e. The predicted octanol–water partition coefficient (Wildman–Crippen LogP) is 1.71. The van der Waals surface area contributed by atoms with Gasteiger partial charge in [-0.15, -0.1) is 11.8 Å². The van der Waals surface area contributed by atoms with Gasteiger partial charge in [0.05, 0.1) is 19.2 Å². The lowest BCUT2D eigenvalue weighted by molar-refractivity contribution is -0.121. The average molecular weight is 298 g/mol. The van der Waals surface area contributed by atoms with E-state index in [1.165, 1.54) is 17.8 Å². The van der Waals surface area contributed by atoms with E-state index in [1.54, 1.807) is 13.2 Å². The van der Waals surface area contributed by atoms with Crippen molar-refractivity contribution in [3.05, 3.63) is 29.6 Å². The maximum absolute atomic E-state index is 13.7. The SMILES string of the molecule is COCCNCC(=O)NC1CCSc2c(F)cccc21. The lowest BCUT2D eigenvalue weighted by Crippen LogP contribution is -2.38. The highest BCUT2D eigenvalue weighted by molar-refractivity contribution is 7.99. The third kappa shape index (κ3) is 3.94. The van der Waals surface area contributed by atoms with E-state index in [4.69, 9.17) is 4.74 Å². The van der Waals surface area contributed by atoms with Crippen molar-refractivity contribution in [2.24, 2.45) is 0 Å². The van der Waals surface area contributed by atoms with Crippen LogP contribution in [0.15, 0.2) is 23.1 Å². The highest BCUT2D eigenvalue weighted by atomic mass is 32.2. The van der Waals surface area contributed by atoms with Crippen molar-refractivity contribution in [1.29, 1.82) is 0 Å². The Bertz CT molecular complexity index is 470. The number of methoxy groups -OCH3 is 1. The van der Waals surface area contributed by atoms with Crippen LogP contribution in [0.2, 0.25) is 0 Å². The standard InChI is InChI=1S/C14H19FN2O2S/c1-19-7-6-16-9-13(18)17-12-5-8-20-14-10(12)3-2-4-11(14)15/h2-4,12,16H,5-9H2,1H3,(H,17,18).